The number of likely N-dealkylation sites (tertiary alicyclic amines) is 1. The highest BCUT2D eigenvalue weighted by atomic mass is 35.5. The smallest absolute Gasteiger partial charge is 0.129 e. The Morgan fingerprint density at radius 1 is 1.39 bits per heavy atom. The zero-order chi connectivity index (χ0) is 13.1. The second-order valence-corrected chi connectivity index (χ2v) is 6.15. The van der Waals surface area contributed by atoms with Crippen LogP contribution >= 0.6 is 23.2 Å². The van der Waals surface area contributed by atoms with Gasteiger partial charge in [0.2, 0.25) is 0 Å². The van der Waals surface area contributed by atoms with Crippen molar-refractivity contribution in [2.75, 3.05) is 13.1 Å². The van der Waals surface area contributed by atoms with Crippen LogP contribution in [0.25, 0.3) is 0 Å². The van der Waals surface area contributed by atoms with Crippen molar-refractivity contribution in [2.24, 2.45) is 5.92 Å². The van der Waals surface area contributed by atoms with Gasteiger partial charge in [-0.1, -0.05) is 17.7 Å². The maximum atomic E-state index is 13.7. The molecule has 1 aliphatic heterocycles. The minimum absolute atomic E-state index is 0.213. The maximum absolute atomic E-state index is 13.7. The van der Waals surface area contributed by atoms with Gasteiger partial charge in [-0.25, -0.2) is 4.39 Å². The highest BCUT2D eigenvalue weighted by molar-refractivity contribution is 6.30. The van der Waals surface area contributed by atoms with Crippen LogP contribution in [0.3, 0.4) is 0 Å². The Hall–Kier alpha value is -0.310. The number of nitrogens with zero attached hydrogens (tertiary/aromatic N) is 1. The molecule has 0 aromatic heterocycles. The van der Waals surface area contributed by atoms with Crippen LogP contribution in [-0.4, -0.2) is 23.4 Å². The van der Waals surface area contributed by atoms with Crippen LogP contribution in [0.1, 0.15) is 25.3 Å². The molecule has 0 saturated carbocycles. The van der Waals surface area contributed by atoms with E-state index in [-0.39, 0.29) is 11.2 Å². The summed E-state index contributed by atoms with van der Waals surface area (Å²) in [4.78, 5) is 2.28. The van der Waals surface area contributed by atoms with Gasteiger partial charge in [0.25, 0.3) is 0 Å². The predicted molar refractivity (Wildman–Crippen MR) is 74.7 cm³/mol. The fourth-order valence-corrected chi connectivity index (χ4v) is 2.87. The van der Waals surface area contributed by atoms with Crippen molar-refractivity contribution in [1.29, 1.82) is 0 Å². The molecular weight excluding hydrogens is 272 g/mol. The third-order valence-electron chi connectivity index (χ3n) is 3.69. The third-order valence-corrected chi connectivity index (χ3v) is 4.28. The summed E-state index contributed by atoms with van der Waals surface area (Å²) in [5.74, 6) is 0.383. The lowest BCUT2D eigenvalue weighted by molar-refractivity contribution is 0.175. The molecule has 0 spiro atoms. The summed E-state index contributed by atoms with van der Waals surface area (Å²) in [6, 6.07) is 4.89. The molecule has 1 unspecified atom stereocenters. The summed E-state index contributed by atoms with van der Waals surface area (Å²) in [5, 5.41) is 0.686. The van der Waals surface area contributed by atoms with Gasteiger partial charge in [-0.2, -0.15) is 0 Å². The van der Waals surface area contributed by atoms with E-state index in [0.717, 1.165) is 31.5 Å². The molecule has 0 N–H and O–H groups in total. The molecule has 100 valence electrons. The summed E-state index contributed by atoms with van der Waals surface area (Å²) in [7, 11) is 0. The Bertz CT molecular complexity index is 401. The molecule has 1 fully saturated rings. The first-order valence-corrected chi connectivity index (χ1v) is 7.18. The first kappa shape index (κ1) is 14.1. The summed E-state index contributed by atoms with van der Waals surface area (Å²) in [6.07, 6.45) is 2.19. The predicted octanol–water partition coefficient (Wildman–Crippen LogP) is 4.32. The molecule has 0 aliphatic carbocycles. The second-order valence-electron chi connectivity index (χ2n) is 5.03. The van der Waals surface area contributed by atoms with Crippen molar-refractivity contribution in [3.05, 3.63) is 34.6 Å². The molecule has 18 heavy (non-hydrogen) atoms. The Morgan fingerprint density at radius 3 is 2.61 bits per heavy atom. The molecule has 0 radical (unpaired) electrons. The van der Waals surface area contributed by atoms with Crippen molar-refractivity contribution in [3.63, 3.8) is 0 Å². The number of alkyl halides is 1. The monoisotopic (exact) mass is 289 g/mol. The molecule has 0 bridgehead atoms. The highest BCUT2D eigenvalue weighted by Crippen LogP contribution is 2.25. The van der Waals surface area contributed by atoms with Crippen molar-refractivity contribution < 1.29 is 4.39 Å². The number of piperidine rings is 1. The standard InChI is InChI=1S/C14H18Cl2FN/c1-10(15)11-4-6-18(7-5-11)9-12-2-3-13(16)8-14(12)17/h2-3,8,10-11H,4-7,9H2,1H3. The van der Waals surface area contributed by atoms with Gasteiger partial charge in [-0.15, -0.1) is 11.6 Å². The summed E-state index contributed by atoms with van der Waals surface area (Å²) < 4.78 is 13.7. The Morgan fingerprint density at radius 2 is 2.06 bits per heavy atom. The van der Waals surface area contributed by atoms with E-state index < -0.39 is 0 Å². The first-order valence-electron chi connectivity index (χ1n) is 6.36. The number of hydrogen-bond acceptors (Lipinski definition) is 1. The maximum Gasteiger partial charge on any atom is 0.129 e. The SMILES string of the molecule is CC(Cl)C1CCN(Cc2ccc(Cl)cc2F)CC1. The Labute approximate surface area is 118 Å². The van der Waals surface area contributed by atoms with E-state index >= 15 is 0 Å². The molecule has 1 heterocycles. The van der Waals surface area contributed by atoms with Gasteiger partial charge >= 0.3 is 0 Å². The van der Waals surface area contributed by atoms with Crippen LogP contribution in [0.15, 0.2) is 18.2 Å². The molecular formula is C14H18Cl2FN. The lowest BCUT2D eigenvalue weighted by Gasteiger charge is -2.33. The lowest BCUT2D eigenvalue weighted by Crippen LogP contribution is -2.35. The molecule has 1 aromatic rings. The van der Waals surface area contributed by atoms with Gasteiger partial charge in [0, 0.05) is 22.5 Å². The zero-order valence-electron chi connectivity index (χ0n) is 10.5. The Kier molecular flexibility index (Phi) is 4.88. The first-order chi connectivity index (χ1) is 8.56. The van der Waals surface area contributed by atoms with Crippen LogP contribution in [0.5, 0.6) is 0 Å². The fraction of sp³-hybridized carbons (Fsp3) is 0.571. The van der Waals surface area contributed by atoms with Crippen LogP contribution in [0, 0.1) is 11.7 Å². The minimum atomic E-state index is -0.213. The Balaban J connectivity index is 1.91. The average molecular weight is 290 g/mol. The van der Waals surface area contributed by atoms with Gasteiger partial charge in [-0.3, -0.25) is 4.90 Å². The van der Waals surface area contributed by atoms with Gasteiger partial charge in [-0.05, 0) is 50.9 Å². The molecule has 1 nitrogen and oxygen atoms in total. The average Bonchev–Trinajstić information content (AvgIpc) is 2.33. The number of rotatable bonds is 3. The van der Waals surface area contributed by atoms with E-state index in [0.29, 0.717) is 17.5 Å². The zero-order valence-corrected chi connectivity index (χ0v) is 12.0. The number of benzene rings is 1. The number of halogens is 3. The topological polar surface area (TPSA) is 3.24 Å². The molecule has 0 amide bonds. The molecule has 2 rings (SSSR count). The van der Waals surface area contributed by atoms with E-state index in [9.17, 15) is 4.39 Å². The van der Waals surface area contributed by atoms with Crippen molar-refractivity contribution in [1.82, 2.24) is 4.90 Å². The largest absolute Gasteiger partial charge is 0.299 e. The van der Waals surface area contributed by atoms with Crippen molar-refractivity contribution in [3.8, 4) is 0 Å². The molecule has 1 aromatic carbocycles. The van der Waals surface area contributed by atoms with E-state index in [1.807, 2.05) is 0 Å². The van der Waals surface area contributed by atoms with Crippen molar-refractivity contribution in [2.45, 2.75) is 31.7 Å². The molecule has 1 saturated heterocycles. The summed E-state index contributed by atoms with van der Waals surface area (Å²) in [6.45, 7) is 4.70. The van der Waals surface area contributed by atoms with Crippen LogP contribution < -0.4 is 0 Å². The van der Waals surface area contributed by atoms with E-state index in [4.69, 9.17) is 23.2 Å². The third kappa shape index (κ3) is 3.59. The van der Waals surface area contributed by atoms with Crippen LogP contribution in [-0.2, 0) is 6.54 Å². The quantitative estimate of drug-likeness (QED) is 0.749. The van der Waals surface area contributed by atoms with E-state index in [1.165, 1.54) is 6.07 Å². The number of hydrogen-bond donors (Lipinski definition) is 0. The van der Waals surface area contributed by atoms with Gasteiger partial charge in [0.15, 0.2) is 0 Å². The fourth-order valence-electron chi connectivity index (χ4n) is 2.46. The normalized spacial score (nSPS) is 20.0. The van der Waals surface area contributed by atoms with E-state index in [2.05, 4.69) is 11.8 Å². The highest BCUT2D eigenvalue weighted by Gasteiger charge is 2.23. The second kappa shape index (κ2) is 6.23. The van der Waals surface area contributed by atoms with Gasteiger partial charge in [0.05, 0.1) is 0 Å². The minimum Gasteiger partial charge on any atom is -0.299 e. The van der Waals surface area contributed by atoms with Crippen molar-refractivity contribution >= 4 is 23.2 Å². The molecule has 1 aliphatic rings. The van der Waals surface area contributed by atoms with Gasteiger partial charge in [0.1, 0.15) is 5.82 Å². The summed E-state index contributed by atoms with van der Waals surface area (Å²) >= 11 is 11.9. The summed E-state index contributed by atoms with van der Waals surface area (Å²) in [5.41, 5.74) is 0.719. The van der Waals surface area contributed by atoms with Crippen LogP contribution in [0.4, 0.5) is 4.39 Å². The lowest BCUT2D eigenvalue weighted by atomic mass is 9.94. The van der Waals surface area contributed by atoms with Crippen LogP contribution in [0.2, 0.25) is 5.02 Å². The molecule has 1 atom stereocenters. The van der Waals surface area contributed by atoms with E-state index in [1.54, 1.807) is 12.1 Å². The van der Waals surface area contributed by atoms with Gasteiger partial charge < -0.3 is 0 Å². The molecule has 4 heteroatoms.